The minimum Gasteiger partial charge on any atom is -0.353 e. The number of hydrogen-bond acceptors (Lipinski definition) is 3. The third-order valence-electron chi connectivity index (χ3n) is 3.04. The van der Waals surface area contributed by atoms with Gasteiger partial charge in [-0.15, -0.1) is 0 Å². The van der Waals surface area contributed by atoms with Crippen LogP contribution < -0.4 is 11.1 Å². The van der Waals surface area contributed by atoms with Crippen LogP contribution in [0.15, 0.2) is 18.2 Å². The molecule has 3 N–H and O–H groups in total. The minimum atomic E-state index is -0.266. The van der Waals surface area contributed by atoms with Crippen LogP contribution in [-0.4, -0.2) is 29.9 Å². The zero-order chi connectivity index (χ0) is 15.1. The van der Waals surface area contributed by atoms with E-state index in [0.717, 1.165) is 0 Å². The molecule has 0 aliphatic rings. The Morgan fingerprint density at radius 2 is 2.05 bits per heavy atom. The fourth-order valence-corrected chi connectivity index (χ4v) is 2.00. The Bertz CT molecular complexity index is 449. The van der Waals surface area contributed by atoms with Gasteiger partial charge in [-0.2, -0.15) is 0 Å². The quantitative estimate of drug-likeness (QED) is 0.798. The minimum absolute atomic E-state index is 0.0442. The lowest BCUT2D eigenvalue weighted by Crippen LogP contribution is -2.39. The van der Waals surface area contributed by atoms with Crippen molar-refractivity contribution >= 4 is 5.91 Å². The summed E-state index contributed by atoms with van der Waals surface area (Å²) in [6, 6.07) is 5.32. The van der Waals surface area contributed by atoms with Crippen molar-refractivity contribution in [3.05, 3.63) is 35.1 Å². The van der Waals surface area contributed by atoms with Gasteiger partial charge < -0.3 is 11.1 Å². The maximum atomic E-state index is 14.1. The lowest BCUT2D eigenvalue weighted by Gasteiger charge is -2.21. The highest BCUT2D eigenvalue weighted by atomic mass is 19.1. The van der Waals surface area contributed by atoms with E-state index in [1.165, 1.54) is 0 Å². The van der Waals surface area contributed by atoms with E-state index < -0.39 is 0 Å². The number of carbonyl (C=O) groups excluding carboxylic acids is 1. The van der Waals surface area contributed by atoms with Crippen LogP contribution in [0.3, 0.4) is 0 Å². The number of rotatable bonds is 7. The molecule has 0 saturated carbocycles. The first-order chi connectivity index (χ1) is 9.47. The number of benzene rings is 1. The van der Waals surface area contributed by atoms with Gasteiger partial charge in [-0.05, 0) is 20.4 Å². The topological polar surface area (TPSA) is 58.4 Å². The molecular weight excluding hydrogens is 257 g/mol. The molecule has 1 rings (SSSR count). The van der Waals surface area contributed by atoms with Gasteiger partial charge in [0, 0.05) is 30.3 Å². The van der Waals surface area contributed by atoms with Crippen molar-refractivity contribution in [1.29, 1.82) is 0 Å². The van der Waals surface area contributed by atoms with Crippen LogP contribution >= 0.6 is 0 Å². The van der Waals surface area contributed by atoms with Gasteiger partial charge in [0.15, 0.2) is 0 Å². The highest BCUT2D eigenvalue weighted by Gasteiger charge is 2.13. The van der Waals surface area contributed by atoms with Gasteiger partial charge in [0.1, 0.15) is 5.82 Å². The van der Waals surface area contributed by atoms with E-state index in [1.54, 1.807) is 18.2 Å². The Morgan fingerprint density at radius 3 is 2.60 bits per heavy atom. The Balaban J connectivity index is 2.71. The monoisotopic (exact) mass is 281 g/mol. The first-order valence-corrected chi connectivity index (χ1v) is 6.96. The number of nitrogens with zero attached hydrogens (tertiary/aromatic N) is 1. The van der Waals surface area contributed by atoms with Crippen molar-refractivity contribution in [1.82, 2.24) is 10.2 Å². The second-order valence-corrected chi connectivity index (χ2v) is 5.12. The van der Waals surface area contributed by atoms with Crippen LogP contribution in [-0.2, 0) is 17.9 Å². The first kappa shape index (κ1) is 16.6. The lowest BCUT2D eigenvalue weighted by molar-refractivity contribution is -0.122. The van der Waals surface area contributed by atoms with Crippen LogP contribution in [0.25, 0.3) is 0 Å². The van der Waals surface area contributed by atoms with E-state index in [9.17, 15) is 9.18 Å². The highest BCUT2D eigenvalue weighted by molar-refractivity contribution is 5.78. The van der Waals surface area contributed by atoms with Crippen LogP contribution in [0.2, 0.25) is 0 Å². The summed E-state index contributed by atoms with van der Waals surface area (Å²) in [5.74, 6) is -0.310. The molecule has 0 radical (unpaired) electrons. The van der Waals surface area contributed by atoms with Gasteiger partial charge in [-0.3, -0.25) is 9.69 Å². The molecule has 0 aliphatic heterocycles. The number of nitrogens with one attached hydrogen (secondary N) is 1. The average molecular weight is 281 g/mol. The van der Waals surface area contributed by atoms with Crippen molar-refractivity contribution in [2.75, 3.05) is 13.1 Å². The molecule has 0 spiro atoms. The number of nitrogens with two attached hydrogens (primary N) is 1. The largest absolute Gasteiger partial charge is 0.353 e. The number of amides is 1. The van der Waals surface area contributed by atoms with E-state index in [0.29, 0.717) is 24.2 Å². The van der Waals surface area contributed by atoms with E-state index in [2.05, 4.69) is 5.32 Å². The molecule has 0 saturated heterocycles. The van der Waals surface area contributed by atoms with Crippen molar-refractivity contribution in [2.45, 2.75) is 39.9 Å². The maximum absolute atomic E-state index is 14.1. The van der Waals surface area contributed by atoms with Crippen LogP contribution in [0.4, 0.5) is 4.39 Å². The van der Waals surface area contributed by atoms with Crippen molar-refractivity contribution < 1.29 is 9.18 Å². The van der Waals surface area contributed by atoms with Crippen LogP contribution in [0.5, 0.6) is 0 Å². The van der Waals surface area contributed by atoms with Gasteiger partial charge >= 0.3 is 0 Å². The summed E-state index contributed by atoms with van der Waals surface area (Å²) in [6.45, 7) is 7.31. The Labute approximate surface area is 120 Å². The molecule has 1 amide bonds. The zero-order valence-corrected chi connectivity index (χ0v) is 12.4. The molecular formula is C15H24FN3O. The molecule has 5 heteroatoms. The molecule has 1 aromatic rings. The normalized spacial score (nSPS) is 11.2. The molecule has 20 heavy (non-hydrogen) atoms. The Kier molecular flexibility index (Phi) is 6.61. The van der Waals surface area contributed by atoms with E-state index in [-0.39, 0.29) is 30.9 Å². The van der Waals surface area contributed by atoms with Gasteiger partial charge in [-0.25, -0.2) is 4.39 Å². The zero-order valence-electron chi connectivity index (χ0n) is 12.4. The molecule has 0 aromatic heterocycles. The molecule has 0 heterocycles. The number of halogens is 1. The second kappa shape index (κ2) is 7.97. The summed E-state index contributed by atoms with van der Waals surface area (Å²) < 4.78 is 14.1. The Hall–Kier alpha value is -1.46. The average Bonchev–Trinajstić information content (AvgIpc) is 2.39. The second-order valence-electron chi connectivity index (χ2n) is 5.12. The third kappa shape index (κ3) is 4.90. The third-order valence-corrected chi connectivity index (χ3v) is 3.04. The van der Waals surface area contributed by atoms with Gasteiger partial charge in [0.25, 0.3) is 0 Å². The Morgan fingerprint density at radius 1 is 1.40 bits per heavy atom. The molecule has 112 valence electrons. The predicted octanol–water partition coefficient (Wildman–Crippen LogP) is 1.63. The van der Waals surface area contributed by atoms with Crippen molar-refractivity contribution in [2.24, 2.45) is 5.73 Å². The van der Waals surface area contributed by atoms with E-state index in [1.807, 2.05) is 25.7 Å². The summed E-state index contributed by atoms with van der Waals surface area (Å²) in [5, 5.41) is 2.84. The summed E-state index contributed by atoms with van der Waals surface area (Å²) in [6.07, 6.45) is 0. The molecule has 0 bridgehead atoms. The highest BCUT2D eigenvalue weighted by Crippen LogP contribution is 2.14. The molecule has 1 aromatic carbocycles. The molecule has 0 atom stereocenters. The fraction of sp³-hybridized carbons (Fsp3) is 0.533. The lowest BCUT2D eigenvalue weighted by atomic mass is 10.1. The first-order valence-electron chi connectivity index (χ1n) is 6.96. The summed E-state index contributed by atoms with van der Waals surface area (Å²) in [4.78, 5) is 13.7. The van der Waals surface area contributed by atoms with E-state index in [4.69, 9.17) is 5.73 Å². The number of hydrogen-bond donors (Lipinski definition) is 2. The van der Waals surface area contributed by atoms with Crippen LogP contribution in [0.1, 0.15) is 31.9 Å². The maximum Gasteiger partial charge on any atom is 0.234 e. The van der Waals surface area contributed by atoms with Gasteiger partial charge in [-0.1, -0.05) is 25.1 Å². The molecule has 0 aliphatic carbocycles. The fourth-order valence-electron chi connectivity index (χ4n) is 2.00. The standard InChI is InChI=1S/C15H24FN3O/c1-4-19(10-14(20)18-11(2)3)9-13-7-5-6-12(8-17)15(13)16/h5-7,11H,4,8-10,17H2,1-3H3,(H,18,20). The molecule has 0 unspecified atom stereocenters. The van der Waals surface area contributed by atoms with Gasteiger partial charge in [0.05, 0.1) is 6.54 Å². The smallest absolute Gasteiger partial charge is 0.234 e. The molecule has 0 fully saturated rings. The molecule has 4 nitrogen and oxygen atoms in total. The SMILES string of the molecule is CCN(CC(=O)NC(C)C)Cc1cccc(CN)c1F. The van der Waals surface area contributed by atoms with Crippen molar-refractivity contribution in [3.8, 4) is 0 Å². The predicted molar refractivity (Wildman–Crippen MR) is 78.5 cm³/mol. The van der Waals surface area contributed by atoms with Crippen molar-refractivity contribution in [3.63, 3.8) is 0 Å². The van der Waals surface area contributed by atoms with E-state index >= 15 is 0 Å². The number of likely N-dealkylation sites (N-methyl/N-ethyl adjacent to an activating group) is 1. The van der Waals surface area contributed by atoms with Crippen LogP contribution in [0, 0.1) is 5.82 Å². The van der Waals surface area contributed by atoms with Gasteiger partial charge in [0.2, 0.25) is 5.91 Å². The summed E-state index contributed by atoms with van der Waals surface area (Å²) in [7, 11) is 0. The number of carbonyl (C=O) groups is 1. The summed E-state index contributed by atoms with van der Waals surface area (Å²) in [5.41, 5.74) is 6.58. The summed E-state index contributed by atoms with van der Waals surface area (Å²) >= 11 is 0.